The predicted octanol–water partition coefficient (Wildman–Crippen LogP) is -7.01. The maximum absolute atomic E-state index is 14.6. The number of thioether (sulfide) groups is 1. The number of aliphatic carboxylic acids is 3. The lowest BCUT2D eigenvalue weighted by Crippen LogP contribution is -2.60. The Morgan fingerprint density at radius 1 is 0.556 bits per heavy atom. The lowest BCUT2D eigenvalue weighted by Gasteiger charge is -2.30. The number of hydrogen-bond donors (Lipinski definition) is 20. The van der Waals surface area contributed by atoms with Gasteiger partial charge in [-0.1, -0.05) is 44.2 Å². The average molecular weight is 1420 g/mol. The number of benzene rings is 1. The number of nitrogens with zero attached hydrogens (tertiary/aromatic N) is 3. The van der Waals surface area contributed by atoms with Gasteiger partial charge in [-0.3, -0.25) is 77.1 Å². The van der Waals surface area contributed by atoms with Crippen molar-refractivity contribution in [3.05, 3.63) is 35.9 Å². The highest BCUT2D eigenvalue weighted by atomic mass is 32.2. The van der Waals surface area contributed by atoms with Gasteiger partial charge in [0.25, 0.3) is 0 Å². The van der Waals surface area contributed by atoms with Crippen molar-refractivity contribution in [1.82, 2.24) is 58.1 Å². The molecule has 11 atom stereocenters. The number of guanidine groups is 2. The van der Waals surface area contributed by atoms with Gasteiger partial charge in [0.1, 0.15) is 60.4 Å². The van der Waals surface area contributed by atoms with Crippen LogP contribution in [0.25, 0.3) is 0 Å². The van der Waals surface area contributed by atoms with Gasteiger partial charge in [0.05, 0.1) is 31.8 Å². The van der Waals surface area contributed by atoms with E-state index in [1.54, 1.807) is 44.2 Å². The number of nitrogens with one attached hydrogen (secondary N) is 10. The van der Waals surface area contributed by atoms with Gasteiger partial charge in [-0.15, -0.1) is 0 Å². The lowest BCUT2D eigenvalue weighted by atomic mass is 10.0. The van der Waals surface area contributed by atoms with Crippen LogP contribution in [0.15, 0.2) is 40.3 Å². The zero-order valence-corrected chi connectivity index (χ0v) is 56.7. The van der Waals surface area contributed by atoms with Crippen molar-refractivity contribution in [2.75, 3.05) is 44.7 Å². The molecule has 38 nitrogen and oxygen atoms in total. The fourth-order valence-electron chi connectivity index (χ4n) is 9.95. The normalized spacial score (nSPS) is 15.5. The van der Waals surface area contributed by atoms with Crippen molar-refractivity contribution < 1.29 is 87.2 Å². The smallest absolute Gasteiger partial charge is 0.326 e. The Bertz CT molecular complexity index is 3010. The number of carboxylic acids is 3. The van der Waals surface area contributed by atoms with Crippen molar-refractivity contribution in [3.63, 3.8) is 0 Å². The third-order valence-electron chi connectivity index (χ3n) is 15.0. The van der Waals surface area contributed by atoms with Crippen molar-refractivity contribution in [2.45, 2.75) is 184 Å². The highest BCUT2D eigenvalue weighted by Crippen LogP contribution is 2.21. The molecule has 99 heavy (non-hydrogen) atoms. The van der Waals surface area contributed by atoms with Crippen LogP contribution in [-0.2, 0) is 78.3 Å². The number of rotatable bonds is 47. The van der Waals surface area contributed by atoms with E-state index < -0.39 is 181 Å². The Labute approximate surface area is 575 Å². The van der Waals surface area contributed by atoms with Crippen LogP contribution in [0.3, 0.4) is 0 Å². The molecule has 0 aliphatic carbocycles. The van der Waals surface area contributed by atoms with Gasteiger partial charge in [-0.25, -0.2) is 4.79 Å². The van der Waals surface area contributed by atoms with E-state index in [4.69, 9.17) is 40.1 Å². The first-order valence-corrected chi connectivity index (χ1v) is 33.4. The molecule has 0 saturated carbocycles. The number of amides is 12. The van der Waals surface area contributed by atoms with Crippen LogP contribution >= 0.6 is 11.8 Å². The third kappa shape index (κ3) is 33.3. The van der Waals surface area contributed by atoms with Crippen LogP contribution in [0.5, 0.6) is 0 Å². The highest BCUT2D eigenvalue weighted by Gasteiger charge is 2.41. The van der Waals surface area contributed by atoms with Crippen LogP contribution in [0.1, 0.15) is 116 Å². The van der Waals surface area contributed by atoms with E-state index in [2.05, 4.69) is 63.2 Å². The molecule has 0 aromatic heterocycles. The molecule has 0 unspecified atom stereocenters. The number of carbonyl (C=O) groups is 15. The molecule has 1 aliphatic rings. The predicted molar refractivity (Wildman–Crippen MR) is 360 cm³/mol. The number of unbranched alkanes of at least 4 members (excludes halogenated alkanes) is 1. The molecule has 1 aliphatic heterocycles. The first-order valence-electron chi connectivity index (χ1n) is 32.0. The minimum absolute atomic E-state index is 0.0244. The summed E-state index contributed by atoms with van der Waals surface area (Å²) in [4.78, 5) is 210. The van der Waals surface area contributed by atoms with E-state index >= 15 is 0 Å². The number of carboxylic acid groups (broad SMARTS) is 3. The summed E-state index contributed by atoms with van der Waals surface area (Å²) in [6, 6.07) is -8.59. The maximum atomic E-state index is 14.6. The minimum Gasteiger partial charge on any atom is -0.481 e. The molecule has 1 aromatic rings. The second-order valence-corrected chi connectivity index (χ2v) is 24.8. The Balaban J connectivity index is 2.51. The molecule has 12 amide bonds. The Hall–Kier alpha value is -9.92. The third-order valence-corrected chi connectivity index (χ3v) is 15.7. The SMILES string of the molecule is CSCC[C@H](N)C(=O)N[C@@H](C)C(=O)N[C@@H](CC(=O)O)C(=O)N1CCC[C@H]1C(=O)N[C@@H](CC(N)=O)C(=O)N[C@@H](CCCN=C(N)N)C(=O)N[C@@H](Cc1ccccc1)C(=O)N[C@@H](CCCN=C(N)N)C(=O)NCC(=O)N[C@@H](CCCCN)C(=O)N[C@@H](CC(=O)O)C(=O)N[C@@H](CC(C)C)C(=O)O. The molecule has 39 heteroatoms. The molecule has 2 rings (SSSR count). The summed E-state index contributed by atoms with van der Waals surface area (Å²) in [6.45, 7) is 3.69. The molecule has 1 fully saturated rings. The zero-order chi connectivity index (χ0) is 74.5. The highest BCUT2D eigenvalue weighted by molar-refractivity contribution is 7.98. The van der Waals surface area contributed by atoms with Crippen LogP contribution in [0.2, 0.25) is 0 Å². The Morgan fingerprint density at radius 3 is 1.57 bits per heavy atom. The summed E-state index contributed by atoms with van der Waals surface area (Å²) in [5.74, 6) is -16.9. The largest absolute Gasteiger partial charge is 0.481 e. The van der Waals surface area contributed by atoms with Gasteiger partial charge in [0.15, 0.2) is 11.9 Å². The number of nitrogens with two attached hydrogens (primary N) is 7. The molecule has 552 valence electrons. The van der Waals surface area contributed by atoms with E-state index in [-0.39, 0.29) is 115 Å². The van der Waals surface area contributed by atoms with E-state index in [0.717, 1.165) is 4.90 Å². The van der Waals surface area contributed by atoms with Gasteiger partial charge in [-0.05, 0) is 108 Å². The van der Waals surface area contributed by atoms with E-state index in [1.165, 1.54) is 18.7 Å². The van der Waals surface area contributed by atoms with Crippen molar-refractivity contribution in [3.8, 4) is 0 Å². The second-order valence-electron chi connectivity index (χ2n) is 23.8. The fourth-order valence-corrected chi connectivity index (χ4v) is 10.4. The topological polar surface area (TPSA) is 647 Å². The van der Waals surface area contributed by atoms with Crippen molar-refractivity contribution >= 4 is 112 Å². The summed E-state index contributed by atoms with van der Waals surface area (Å²) in [6.07, 6.45) is -0.913. The van der Waals surface area contributed by atoms with Gasteiger partial charge in [-0.2, -0.15) is 11.8 Å². The standard InChI is InChI=1S/C60H98N20O18S/c1-31(2)25-42(58(97)98)79-55(94)40(28-46(83)84)76-51(90)36(15-8-9-20-61)72-45(82)30-70-50(89)35(16-10-21-68-59(64)65)73-53(92)38(26-33-13-6-5-7-14-33)75-52(91)37(17-11-22-69-60(66)67)74-54(93)39(27-44(63)81)77-56(95)43-18-12-23-80(43)57(96)41(29-47(85)86)78-48(87)32(3)71-49(88)34(62)19-24-99-4/h5-7,13-14,31-32,34-43H,8-12,15-30,61-62H2,1-4H3,(H2,63,81)(H,70,89)(H,71,88)(H,72,82)(H,73,92)(H,74,93)(H,75,91)(H,76,90)(H,77,95)(H,78,87)(H,79,94)(H,83,84)(H,85,86)(H,97,98)(H4,64,65,68)(H4,66,67,69)/t32-,34-,35-,36-,37-,38-,39-,40-,41-,42-,43-/m0/s1. The monoisotopic (exact) mass is 1420 g/mol. The first-order chi connectivity index (χ1) is 46.7. The van der Waals surface area contributed by atoms with Crippen LogP contribution in [-0.4, -0.2) is 232 Å². The number of carbonyl (C=O) groups excluding carboxylic acids is 12. The average Bonchev–Trinajstić information content (AvgIpc) is 1.77. The number of hydrogen-bond acceptors (Lipinski definition) is 20. The quantitative estimate of drug-likeness (QED) is 0.0164. The molecular formula is C60H98N20O18S. The van der Waals surface area contributed by atoms with E-state index in [0.29, 0.717) is 17.7 Å². The van der Waals surface area contributed by atoms with Gasteiger partial charge < -0.3 is 114 Å². The molecule has 0 spiro atoms. The summed E-state index contributed by atoms with van der Waals surface area (Å²) in [7, 11) is 0. The first kappa shape index (κ1) is 85.2. The van der Waals surface area contributed by atoms with Crippen molar-refractivity contribution in [1.29, 1.82) is 0 Å². The molecule has 0 bridgehead atoms. The Kier molecular flexibility index (Phi) is 38.6. The van der Waals surface area contributed by atoms with Crippen LogP contribution in [0.4, 0.5) is 0 Å². The number of aliphatic imine (C=N–C) groups is 2. The molecule has 1 aromatic carbocycles. The van der Waals surface area contributed by atoms with E-state index in [1.807, 2.05) is 6.26 Å². The maximum Gasteiger partial charge on any atom is 0.326 e. The van der Waals surface area contributed by atoms with E-state index in [9.17, 15) is 87.2 Å². The summed E-state index contributed by atoms with van der Waals surface area (Å²) < 4.78 is 0. The fraction of sp³-hybridized carbons (Fsp3) is 0.617. The number of primary amides is 1. The summed E-state index contributed by atoms with van der Waals surface area (Å²) >= 11 is 1.44. The minimum atomic E-state index is -1.85. The van der Waals surface area contributed by atoms with Gasteiger partial charge >= 0.3 is 17.9 Å². The van der Waals surface area contributed by atoms with Crippen LogP contribution in [0, 0.1) is 5.92 Å². The molecular weight excluding hydrogens is 1320 g/mol. The lowest BCUT2D eigenvalue weighted by molar-refractivity contribution is -0.146. The zero-order valence-electron chi connectivity index (χ0n) is 55.9. The van der Waals surface area contributed by atoms with Crippen LogP contribution < -0.4 is 93.3 Å². The molecule has 27 N–H and O–H groups in total. The molecule has 1 saturated heterocycles. The molecule has 1 heterocycles. The Morgan fingerprint density at radius 2 is 1.04 bits per heavy atom. The number of likely N-dealkylation sites (tertiary alicyclic amines) is 1. The summed E-state index contributed by atoms with van der Waals surface area (Å²) in [5.41, 5.74) is 39.7. The molecule has 0 radical (unpaired) electrons. The summed E-state index contributed by atoms with van der Waals surface area (Å²) in [5, 5.41) is 53.2. The van der Waals surface area contributed by atoms with Gasteiger partial charge in [0.2, 0.25) is 70.9 Å². The second kappa shape index (κ2) is 44.8. The van der Waals surface area contributed by atoms with Crippen molar-refractivity contribution in [2.24, 2.45) is 56.0 Å². The van der Waals surface area contributed by atoms with Gasteiger partial charge in [0, 0.05) is 26.1 Å².